The number of hydrogen-bond acceptors (Lipinski definition) is 2. The molecule has 4 nitrogen and oxygen atoms in total. The predicted octanol–water partition coefficient (Wildman–Crippen LogP) is 3.47. The Kier molecular flexibility index (Phi) is 4.17. The van der Waals surface area contributed by atoms with Crippen LogP contribution in [0.25, 0.3) is 10.9 Å². The number of aryl methyl sites for hydroxylation is 2. The number of fused-ring (bicyclic) bond motifs is 1. The van der Waals surface area contributed by atoms with E-state index in [4.69, 9.17) is 0 Å². The number of para-hydroxylation sites is 1. The standard InChI is InChI=1S/C19H20N2O2/c1-13-6-5-7-14(10-13)11-20-12-16-15-8-3-4-9-17(15)21(2)18(16)19(22)23/h3-10,20H,11-12H2,1-2H3,(H,22,23). The molecule has 0 saturated carbocycles. The van der Waals surface area contributed by atoms with Crippen LogP contribution in [-0.4, -0.2) is 15.6 Å². The third-order valence-corrected chi connectivity index (χ3v) is 4.13. The number of carboxylic acid groups (broad SMARTS) is 1. The second-order valence-electron chi connectivity index (χ2n) is 5.80. The molecular formula is C19H20N2O2. The number of hydrogen-bond donors (Lipinski definition) is 2. The van der Waals surface area contributed by atoms with Crippen LogP contribution in [0.15, 0.2) is 48.5 Å². The van der Waals surface area contributed by atoms with Crippen LogP contribution < -0.4 is 5.32 Å². The van der Waals surface area contributed by atoms with Gasteiger partial charge in [0.25, 0.3) is 0 Å². The second-order valence-corrected chi connectivity index (χ2v) is 5.80. The Hall–Kier alpha value is -2.59. The molecule has 3 aromatic rings. The first-order chi connectivity index (χ1) is 11.1. The van der Waals surface area contributed by atoms with Crippen molar-refractivity contribution in [2.75, 3.05) is 0 Å². The largest absolute Gasteiger partial charge is 0.477 e. The van der Waals surface area contributed by atoms with Crippen LogP contribution in [0.3, 0.4) is 0 Å². The molecule has 0 atom stereocenters. The number of aromatic nitrogens is 1. The third kappa shape index (κ3) is 2.98. The van der Waals surface area contributed by atoms with E-state index in [1.165, 1.54) is 11.1 Å². The van der Waals surface area contributed by atoms with Crippen molar-refractivity contribution in [2.24, 2.45) is 7.05 Å². The zero-order chi connectivity index (χ0) is 16.4. The molecule has 0 amide bonds. The van der Waals surface area contributed by atoms with Gasteiger partial charge in [-0.1, -0.05) is 48.0 Å². The minimum Gasteiger partial charge on any atom is -0.477 e. The zero-order valence-corrected chi connectivity index (χ0v) is 13.3. The lowest BCUT2D eigenvalue weighted by atomic mass is 10.1. The molecule has 1 heterocycles. The van der Waals surface area contributed by atoms with Gasteiger partial charge in [-0.25, -0.2) is 4.79 Å². The van der Waals surface area contributed by atoms with E-state index in [2.05, 4.69) is 30.4 Å². The fourth-order valence-corrected chi connectivity index (χ4v) is 3.08. The SMILES string of the molecule is Cc1cccc(CNCc2c(C(=O)O)n(C)c3ccccc23)c1. The Morgan fingerprint density at radius 3 is 2.65 bits per heavy atom. The highest BCUT2D eigenvalue weighted by atomic mass is 16.4. The third-order valence-electron chi connectivity index (χ3n) is 4.13. The van der Waals surface area contributed by atoms with Gasteiger partial charge in [0.1, 0.15) is 5.69 Å². The van der Waals surface area contributed by atoms with Crippen molar-refractivity contribution in [1.29, 1.82) is 0 Å². The van der Waals surface area contributed by atoms with Crippen molar-refractivity contribution in [3.8, 4) is 0 Å². The maximum Gasteiger partial charge on any atom is 0.352 e. The lowest BCUT2D eigenvalue weighted by molar-refractivity contribution is 0.0685. The van der Waals surface area contributed by atoms with Crippen molar-refractivity contribution < 1.29 is 9.90 Å². The number of rotatable bonds is 5. The van der Waals surface area contributed by atoms with Gasteiger partial charge in [0, 0.05) is 36.6 Å². The fourth-order valence-electron chi connectivity index (χ4n) is 3.08. The molecule has 0 aliphatic heterocycles. The van der Waals surface area contributed by atoms with E-state index in [0.29, 0.717) is 18.8 Å². The van der Waals surface area contributed by atoms with Crippen molar-refractivity contribution in [1.82, 2.24) is 9.88 Å². The first-order valence-corrected chi connectivity index (χ1v) is 7.64. The molecule has 1 aromatic heterocycles. The highest BCUT2D eigenvalue weighted by molar-refractivity contribution is 5.98. The van der Waals surface area contributed by atoms with Crippen molar-refractivity contribution in [2.45, 2.75) is 20.0 Å². The minimum absolute atomic E-state index is 0.350. The zero-order valence-electron chi connectivity index (χ0n) is 13.3. The number of aromatic carboxylic acids is 1. The molecule has 0 bridgehead atoms. The maximum atomic E-state index is 11.6. The molecule has 0 fully saturated rings. The normalized spacial score (nSPS) is 11.0. The number of carbonyl (C=O) groups is 1. The lowest BCUT2D eigenvalue weighted by Gasteiger charge is -2.07. The van der Waals surface area contributed by atoms with Crippen LogP contribution in [-0.2, 0) is 20.1 Å². The van der Waals surface area contributed by atoms with Gasteiger partial charge in [0.05, 0.1) is 0 Å². The van der Waals surface area contributed by atoms with Gasteiger partial charge >= 0.3 is 5.97 Å². The van der Waals surface area contributed by atoms with Gasteiger partial charge in [0.2, 0.25) is 0 Å². The molecule has 0 aliphatic carbocycles. The van der Waals surface area contributed by atoms with E-state index < -0.39 is 5.97 Å². The molecular weight excluding hydrogens is 288 g/mol. The summed E-state index contributed by atoms with van der Waals surface area (Å²) in [6.07, 6.45) is 0. The molecule has 2 aromatic carbocycles. The Balaban J connectivity index is 1.87. The van der Waals surface area contributed by atoms with Crippen molar-refractivity contribution in [3.63, 3.8) is 0 Å². The summed E-state index contributed by atoms with van der Waals surface area (Å²) in [5, 5.41) is 13.9. The second kappa shape index (κ2) is 6.26. The predicted molar refractivity (Wildman–Crippen MR) is 91.6 cm³/mol. The first-order valence-electron chi connectivity index (χ1n) is 7.64. The van der Waals surface area contributed by atoms with Gasteiger partial charge in [-0.15, -0.1) is 0 Å². The van der Waals surface area contributed by atoms with Crippen LogP contribution >= 0.6 is 0 Å². The van der Waals surface area contributed by atoms with Crippen LogP contribution in [0, 0.1) is 6.92 Å². The van der Waals surface area contributed by atoms with E-state index >= 15 is 0 Å². The Morgan fingerprint density at radius 1 is 1.13 bits per heavy atom. The molecule has 118 valence electrons. The van der Waals surface area contributed by atoms with E-state index in [9.17, 15) is 9.90 Å². The number of benzene rings is 2. The van der Waals surface area contributed by atoms with Crippen LogP contribution in [0.2, 0.25) is 0 Å². The average Bonchev–Trinajstić information content (AvgIpc) is 2.81. The number of carboxylic acids is 1. The highest BCUT2D eigenvalue weighted by Crippen LogP contribution is 2.25. The van der Waals surface area contributed by atoms with Crippen LogP contribution in [0.4, 0.5) is 0 Å². The molecule has 4 heteroatoms. The van der Waals surface area contributed by atoms with Gasteiger partial charge in [0.15, 0.2) is 0 Å². The monoisotopic (exact) mass is 308 g/mol. The molecule has 0 saturated heterocycles. The van der Waals surface area contributed by atoms with Gasteiger partial charge in [-0.2, -0.15) is 0 Å². The number of nitrogens with zero attached hydrogens (tertiary/aromatic N) is 1. The molecule has 3 rings (SSSR count). The van der Waals surface area contributed by atoms with Crippen LogP contribution in [0.5, 0.6) is 0 Å². The van der Waals surface area contributed by atoms with Gasteiger partial charge < -0.3 is 15.0 Å². The highest BCUT2D eigenvalue weighted by Gasteiger charge is 2.19. The summed E-state index contributed by atoms with van der Waals surface area (Å²) in [7, 11) is 1.80. The van der Waals surface area contributed by atoms with Crippen molar-refractivity contribution >= 4 is 16.9 Å². The van der Waals surface area contributed by atoms with E-state index in [1.54, 1.807) is 11.6 Å². The summed E-state index contributed by atoms with van der Waals surface area (Å²) in [4.78, 5) is 11.6. The van der Waals surface area contributed by atoms with Crippen LogP contribution in [0.1, 0.15) is 27.2 Å². The topological polar surface area (TPSA) is 54.3 Å². The number of nitrogens with one attached hydrogen (secondary N) is 1. The summed E-state index contributed by atoms with van der Waals surface area (Å²) < 4.78 is 1.75. The average molecular weight is 308 g/mol. The van der Waals surface area contributed by atoms with E-state index in [1.807, 2.05) is 30.3 Å². The summed E-state index contributed by atoms with van der Waals surface area (Å²) in [5.41, 5.74) is 4.55. The Morgan fingerprint density at radius 2 is 1.91 bits per heavy atom. The summed E-state index contributed by atoms with van der Waals surface area (Å²) >= 11 is 0. The van der Waals surface area contributed by atoms with Crippen molar-refractivity contribution in [3.05, 3.63) is 70.9 Å². The van der Waals surface area contributed by atoms with E-state index in [-0.39, 0.29) is 0 Å². The minimum atomic E-state index is -0.893. The van der Waals surface area contributed by atoms with E-state index in [0.717, 1.165) is 16.5 Å². The van der Waals surface area contributed by atoms with Gasteiger partial charge in [-0.3, -0.25) is 0 Å². The lowest BCUT2D eigenvalue weighted by Crippen LogP contribution is -2.16. The summed E-state index contributed by atoms with van der Waals surface area (Å²) in [6.45, 7) is 3.30. The molecule has 23 heavy (non-hydrogen) atoms. The molecule has 0 aliphatic rings. The molecule has 0 unspecified atom stereocenters. The maximum absolute atomic E-state index is 11.6. The molecule has 2 N–H and O–H groups in total. The van der Waals surface area contributed by atoms with Gasteiger partial charge in [-0.05, 0) is 18.6 Å². The Labute approximate surface area is 135 Å². The fraction of sp³-hybridized carbons (Fsp3) is 0.211. The molecule has 0 radical (unpaired) electrons. The quantitative estimate of drug-likeness (QED) is 0.759. The Bertz CT molecular complexity index is 865. The smallest absolute Gasteiger partial charge is 0.352 e. The molecule has 0 spiro atoms. The summed E-state index contributed by atoms with van der Waals surface area (Å²) in [5.74, 6) is -0.893. The summed E-state index contributed by atoms with van der Waals surface area (Å²) in [6, 6.07) is 16.1. The first kappa shape index (κ1) is 15.3.